The summed E-state index contributed by atoms with van der Waals surface area (Å²) in [6, 6.07) is 10.4. The molecular weight excluding hydrogens is 444 g/mol. The molecule has 3 N–H and O–H groups in total. The molecule has 0 aliphatic carbocycles. The van der Waals surface area contributed by atoms with E-state index in [-0.39, 0.29) is 11.8 Å². The smallest absolute Gasteiger partial charge is 0.251 e. The summed E-state index contributed by atoms with van der Waals surface area (Å²) in [6.45, 7) is 15.2. The van der Waals surface area contributed by atoms with Crippen LogP contribution in [0.5, 0.6) is 0 Å². The minimum Gasteiger partial charge on any atom is -0.383 e. The van der Waals surface area contributed by atoms with Crippen molar-refractivity contribution in [2.24, 2.45) is 11.8 Å². The maximum Gasteiger partial charge on any atom is 0.251 e. The molecule has 2 amide bonds. The summed E-state index contributed by atoms with van der Waals surface area (Å²) in [5, 5.41) is 22.7. The molecule has 2 fully saturated rings. The van der Waals surface area contributed by atoms with E-state index in [9.17, 15) is 19.8 Å². The lowest BCUT2D eigenvalue weighted by atomic mass is 10.0. The molecule has 0 saturated carbocycles. The van der Waals surface area contributed by atoms with Gasteiger partial charge in [0.2, 0.25) is 0 Å². The average molecular weight is 491 g/mol. The van der Waals surface area contributed by atoms with E-state index in [1.807, 2.05) is 33.8 Å². The highest BCUT2D eigenvalue weighted by molar-refractivity contribution is 5.81. The van der Waals surface area contributed by atoms with E-state index in [1.54, 1.807) is 9.80 Å². The molecule has 3 rings (SSSR count). The second-order valence-electron chi connectivity index (χ2n) is 10.5. The van der Waals surface area contributed by atoms with Crippen LogP contribution in [0.15, 0.2) is 30.3 Å². The first-order valence-electron chi connectivity index (χ1n) is 13.1. The molecule has 8 heteroatoms. The average Bonchev–Trinajstić information content (AvgIpc) is 2.84. The molecule has 0 unspecified atom stereocenters. The minimum atomic E-state index is -0.842. The van der Waals surface area contributed by atoms with Crippen molar-refractivity contribution >= 4 is 11.8 Å². The number of amides is 2. The molecule has 1 aromatic rings. The second kappa shape index (κ2) is 15.2. The van der Waals surface area contributed by atoms with Crippen LogP contribution in [0.2, 0.25) is 0 Å². The van der Waals surface area contributed by atoms with Gasteiger partial charge in [-0.3, -0.25) is 14.5 Å². The van der Waals surface area contributed by atoms with Gasteiger partial charge in [0.1, 0.15) is 12.2 Å². The van der Waals surface area contributed by atoms with Gasteiger partial charge >= 0.3 is 0 Å². The van der Waals surface area contributed by atoms with E-state index >= 15 is 0 Å². The fourth-order valence-corrected chi connectivity index (χ4v) is 4.37. The number of hydrogen-bond donors (Lipinski definition) is 3. The van der Waals surface area contributed by atoms with Crippen LogP contribution < -0.4 is 5.32 Å². The third kappa shape index (κ3) is 10.7. The van der Waals surface area contributed by atoms with E-state index in [2.05, 4.69) is 34.5 Å². The normalized spacial score (nSPS) is 18.7. The van der Waals surface area contributed by atoms with E-state index < -0.39 is 12.2 Å². The van der Waals surface area contributed by atoms with Gasteiger partial charge in [-0.05, 0) is 30.2 Å². The van der Waals surface area contributed by atoms with Crippen LogP contribution in [0.3, 0.4) is 0 Å². The van der Waals surface area contributed by atoms with Crippen LogP contribution in [0.25, 0.3) is 0 Å². The van der Waals surface area contributed by atoms with Crippen LogP contribution in [0.4, 0.5) is 0 Å². The number of nitrogens with one attached hydrogen (secondary N) is 1. The van der Waals surface area contributed by atoms with Crippen molar-refractivity contribution in [3.63, 3.8) is 0 Å². The molecule has 2 aliphatic heterocycles. The van der Waals surface area contributed by atoms with Gasteiger partial charge in [-0.15, -0.1) is 0 Å². The van der Waals surface area contributed by atoms with Crippen LogP contribution in [-0.2, 0) is 16.1 Å². The number of hydrogen-bond acceptors (Lipinski definition) is 6. The lowest BCUT2D eigenvalue weighted by molar-refractivity contribution is -0.143. The van der Waals surface area contributed by atoms with Crippen molar-refractivity contribution in [2.75, 3.05) is 52.4 Å². The highest BCUT2D eigenvalue weighted by Gasteiger charge is 2.26. The second-order valence-corrected chi connectivity index (χ2v) is 10.5. The Bertz CT molecular complexity index is 745. The van der Waals surface area contributed by atoms with E-state index in [0.717, 1.165) is 32.7 Å². The van der Waals surface area contributed by atoms with Crippen molar-refractivity contribution in [1.29, 1.82) is 0 Å². The Morgan fingerprint density at radius 3 is 1.69 bits per heavy atom. The van der Waals surface area contributed by atoms with Crippen molar-refractivity contribution in [2.45, 2.75) is 59.3 Å². The topological polar surface area (TPSA) is 96.4 Å². The van der Waals surface area contributed by atoms with Crippen LogP contribution >= 0.6 is 0 Å². The molecule has 1 aromatic carbocycles. The lowest BCUT2D eigenvalue weighted by Gasteiger charge is -2.35. The van der Waals surface area contributed by atoms with Gasteiger partial charge in [0.25, 0.3) is 11.8 Å². The number of piperazine rings is 2. The van der Waals surface area contributed by atoms with Gasteiger partial charge in [0, 0.05) is 58.9 Å². The number of carbonyl (C=O) groups is 2. The molecule has 8 nitrogen and oxygen atoms in total. The highest BCUT2D eigenvalue weighted by Crippen LogP contribution is 2.12. The van der Waals surface area contributed by atoms with Gasteiger partial charge in [0.15, 0.2) is 0 Å². The van der Waals surface area contributed by atoms with Crippen LogP contribution in [0.1, 0.15) is 46.1 Å². The first kappa shape index (κ1) is 29.2. The zero-order valence-corrected chi connectivity index (χ0v) is 22.0. The first-order chi connectivity index (χ1) is 16.7. The molecule has 0 spiro atoms. The Balaban J connectivity index is 0.000000269. The summed E-state index contributed by atoms with van der Waals surface area (Å²) in [5.41, 5.74) is 1.30. The predicted octanol–water partition coefficient (Wildman–Crippen LogP) is 1.56. The van der Waals surface area contributed by atoms with E-state index in [4.69, 9.17) is 0 Å². The summed E-state index contributed by atoms with van der Waals surface area (Å²) >= 11 is 0. The summed E-state index contributed by atoms with van der Waals surface area (Å²) in [7, 11) is 0. The molecule has 35 heavy (non-hydrogen) atoms. The van der Waals surface area contributed by atoms with E-state index in [0.29, 0.717) is 50.9 Å². The molecule has 2 aliphatic rings. The molecule has 0 aromatic heterocycles. The summed E-state index contributed by atoms with van der Waals surface area (Å²) < 4.78 is 0. The number of rotatable bonds is 8. The molecular formula is C27H46N4O4. The van der Waals surface area contributed by atoms with Crippen molar-refractivity contribution < 1.29 is 19.8 Å². The fourth-order valence-electron chi connectivity index (χ4n) is 4.37. The quantitative estimate of drug-likeness (QED) is 0.512. The summed E-state index contributed by atoms with van der Waals surface area (Å²) in [5.74, 6) is 0.475. The van der Waals surface area contributed by atoms with Gasteiger partial charge in [-0.25, -0.2) is 0 Å². The Hall–Kier alpha value is -2.00. The highest BCUT2D eigenvalue weighted by atomic mass is 16.3. The van der Waals surface area contributed by atoms with Crippen molar-refractivity contribution in [3.05, 3.63) is 35.9 Å². The minimum absolute atomic E-state index is 0.108. The third-order valence-electron chi connectivity index (χ3n) is 6.32. The first-order valence-corrected chi connectivity index (χ1v) is 13.1. The summed E-state index contributed by atoms with van der Waals surface area (Å²) in [4.78, 5) is 29.7. The maximum absolute atomic E-state index is 12.2. The van der Waals surface area contributed by atoms with Crippen LogP contribution in [0, 0.1) is 11.8 Å². The Morgan fingerprint density at radius 1 is 0.771 bits per heavy atom. The van der Waals surface area contributed by atoms with Crippen molar-refractivity contribution in [1.82, 2.24) is 20.0 Å². The molecule has 2 atom stereocenters. The maximum atomic E-state index is 12.2. The molecule has 2 saturated heterocycles. The SMILES string of the molecule is CC(C)C[C@@H](O)C(=O)N1CCN(Cc2ccccc2)CC1.CC(C)C[C@@H](O)C(=O)N1CCNCC1. The summed E-state index contributed by atoms with van der Waals surface area (Å²) in [6.07, 6.45) is -0.551. The number of carbonyl (C=O) groups excluding carboxylic acids is 2. The molecule has 2 heterocycles. The largest absolute Gasteiger partial charge is 0.383 e. The van der Waals surface area contributed by atoms with Crippen LogP contribution in [-0.4, -0.2) is 101 Å². The lowest BCUT2D eigenvalue weighted by Crippen LogP contribution is -2.51. The molecule has 0 radical (unpaired) electrons. The Morgan fingerprint density at radius 2 is 1.23 bits per heavy atom. The number of aliphatic hydroxyl groups excluding tert-OH is 2. The Kier molecular flexibility index (Phi) is 12.7. The zero-order chi connectivity index (χ0) is 25.8. The van der Waals surface area contributed by atoms with Crippen molar-refractivity contribution in [3.8, 4) is 0 Å². The van der Waals surface area contributed by atoms with Gasteiger partial charge < -0.3 is 25.3 Å². The number of benzene rings is 1. The Labute approximate surface area is 211 Å². The third-order valence-corrected chi connectivity index (χ3v) is 6.32. The zero-order valence-electron chi connectivity index (χ0n) is 22.0. The number of aliphatic hydroxyl groups is 2. The standard InChI is InChI=1S/C17H26N2O2.C10H20N2O2/c1-14(2)12-16(20)17(21)19-10-8-18(9-11-19)13-15-6-4-3-5-7-15;1-8(2)7-9(13)10(14)12-5-3-11-4-6-12/h3-7,14,16,20H,8-13H2,1-2H3;8-9,11,13H,3-7H2,1-2H3/t16-;9-/m11/s1. The van der Waals surface area contributed by atoms with E-state index in [1.165, 1.54) is 5.56 Å². The molecule has 0 bridgehead atoms. The van der Waals surface area contributed by atoms with Gasteiger partial charge in [-0.1, -0.05) is 58.0 Å². The fraction of sp³-hybridized carbons (Fsp3) is 0.704. The van der Waals surface area contributed by atoms with Gasteiger partial charge in [-0.2, -0.15) is 0 Å². The van der Waals surface area contributed by atoms with Gasteiger partial charge in [0.05, 0.1) is 0 Å². The molecule has 198 valence electrons. The number of nitrogens with zero attached hydrogens (tertiary/aromatic N) is 3. The monoisotopic (exact) mass is 490 g/mol. The predicted molar refractivity (Wildman–Crippen MR) is 139 cm³/mol.